The quantitative estimate of drug-likeness (QED) is 0.241. The minimum absolute atomic E-state index is 0.0156. The molecule has 1 fully saturated rings. The van der Waals surface area contributed by atoms with Gasteiger partial charge in [-0.05, 0) is 31.4 Å². The molecule has 10 heteroatoms. The molecule has 0 spiro atoms. The number of nitrogens with zero attached hydrogens (tertiary/aromatic N) is 1. The number of thioether (sulfide) groups is 2. The number of Topliss-reactive ketones (excluding diaryl/α,β-unsaturated/α-hetero) is 1. The highest BCUT2D eigenvalue weighted by atomic mass is 32.2. The van der Waals surface area contributed by atoms with Gasteiger partial charge in [-0.2, -0.15) is 0 Å². The van der Waals surface area contributed by atoms with E-state index in [0.717, 1.165) is 21.7 Å². The number of piperidine rings is 1. The number of carbonyl (C=O) groups is 3. The molecule has 2 aliphatic rings. The van der Waals surface area contributed by atoms with E-state index in [4.69, 9.17) is 9.47 Å². The number of hydrogen-bond donors (Lipinski definition) is 2. The molecule has 2 aromatic rings. The van der Waals surface area contributed by atoms with Crippen LogP contribution in [0.25, 0.3) is 0 Å². The van der Waals surface area contributed by atoms with Gasteiger partial charge in [0.25, 0.3) is 0 Å². The van der Waals surface area contributed by atoms with Crippen molar-refractivity contribution in [2.24, 2.45) is 10.8 Å². The number of fused-ring (bicyclic) bond motifs is 1. The Labute approximate surface area is 251 Å². The number of methoxy groups -OCH3 is 2. The largest absolute Gasteiger partial charge is 0.493 e. The Balaban J connectivity index is 2.12. The van der Waals surface area contributed by atoms with Crippen LogP contribution in [0.1, 0.15) is 50.5 Å². The summed E-state index contributed by atoms with van der Waals surface area (Å²) in [6, 6.07) is 11.1. The molecule has 1 saturated heterocycles. The lowest BCUT2D eigenvalue weighted by molar-refractivity contribution is -0.163. The van der Waals surface area contributed by atoms with Gasteiger partial charge in [0.05, 0.1) is 26.0 Å². The molecule has 0 saturated carbocycles. The first kappa shape index (κ1) is 31.4. The maximum Gasteiger partial charge on any atom is 0.329 e. The second-order valence-electron chi connectivity index (χ2n) is 12.0. The first-order valence-electron chi connectivity index (χ1n) is 13.7. The van der Waals surface area contributed by atoms with E-state index in [2.05, 4.69) is 32.2 Å². The summed E-state index contributed by atoms with van der Waals surface area (Å²) in [5.41, 5.74) is 0.426. The molecule has 0 aliphatic carbocycles. The molecule has 2 aromatic carbocycles. The summed E-state index contributed by atoms with van der Waals surface area (Å²) in [6.45, 7) is 8.39. The number of hydrogen-bond acceptors (Lipinski definition) is 8. The summed E-state index contributed by atoms with van der Waals surface area (Å²) in [5.74, 6) is -0.382. The van der Waals surface area contributed by atoms with Gasteiger partial charge in [0.15, 0.2) is 22.7 Å². The Kier molecular flexibility index (Phi) is 9.18. The molecule has 4 atom stereocenters. The molecule has 2 aliphatic heterocycles. The van der Waals surface area contributed by atoms with Crippen LogP contribution in [0.3, 0.4) is 0 Å². The fourth-order valence-corrected chi connectivity index (χ4v) is 8.41. The summed E-state index contributed by atoms with van der Waals surface area (Å²) in [5, 5.41) is 13.6. The van der Waals surface area contributed by atoms with Gasteiger partial charge in [-0.15, -0.1) is 23.5 Å². The van der Waals surface area contributed by atoms with Gasteiger partial charge in [0.2, 0.25) is 0 Å². The van der Waals surface area contributed by atoms with Crippen LogP contribution in [-0.4, -0.2) is 74.7 Å². The summed E-state index contributed by atoms with van der Waals surface area (Å²) in [6.07, 6.45) is 2.38. The molecular formula is C31H41N2O6S2+. The zero-order chi connectivity index (χ0) is 30.2. The van der Waals surface area contributed by atoms with Crippen LogP contribution in [0.2, 0.25) is 0 Å². The van der Waals surface area contributed by atoms with Crippen LogP contribution >= 0.6 is 23.5 Å². The lowest BCUT2D eigenvalue weighted by atomic mass is 9.70. The number of benzene rings is 2. The van der Waals surface area contributed by atoms with Gasteiger partial charge in [-0.3, -0.25) is 9.59 Å². The number of para-hydroxylation sites is 1. The van der Waals surface area contributed by atoms with Crippen molar-refractivity contribution in [3.8, 4) is 11.5 Å². The molecule has 8 nitrogen and oxygen atoms in total. The number of ketones is 1. The molecule has 2 heterocycles. The van der Waals surface area contributed by atoms with Crippen molar-refractivity contribution in [1.82, 2.24) is 9.80 Å². The van der Waals surface area contributed by atoms with Crippen molar-refractivity contribution in [2.45, 2.75) is 50.3 Å². The average molecular weight is 602 g/mol. The second-order valence-corrected chi connectivity index (χ2v) is 14.0. The van der Waals surface area contributed by atoms with Crippen LogP contribution < -0.4 is 19.3 Å². The Morgan fingerprint density at radius 3 is 2.49 bits per heavy atom. The average Bonchev–Trinajstić information content (AvgIpc) is 3.05. The van der Waals surface area contributed by atoms with Gasteiger partial charge in [0.1, 0.15) is 17.5 Å². The highest BCUT2D eigenvalue weighted by Gasteiger charge is 2.65. The van der Waals surface area contributed by atoms with E-state index in [0.29, 0.717) is 31.0 Å². The van der Waals surface area contributed by atoms with Gasteiger partial charge >= 0.3 is 11.9 Å². The van der Waals surface area contributed by atoms with E-state index in [1.807, 2.05) is 36.6 Å². The van der Waals surface area contributed by atoms with E-state index in [9.17, 15) is 19.5 Å². The number of carboxylic acids is 1. The molecule has 1 amide bonds. The number of aliphatic carboxylic acids is 1. The van der Waals surface area contributed by atoms with Gasteiger partial charge in [-0.25, -0.2) is 9.28 Å². The minimum Gasteiger partial charge on any atom is -0.493 e. The molecular weight excluding hydrogens is 560 g/mol. The molecule has 0 aromatic heterocycles. The van der Waals surface area contributed by atoms with Gasteiger partial charge in [-0.1, -0.05) is 32.9 Å². The van der Waals surface area contributed by atoms with Crippen molar-refractivity contribution in [1.29, 1.82) is 0 Å². The third kappa shape index (κ3) is 5.40. The van der Waals surface area contributed by atoms with Crippen LogP contribution in [0.5, 0.6) is 11.5 Å². The molecule has 222 valence electrons. The first-order chi connectivity index (χ1) is 19.4. The van der Waals surface area contributed by atoms with E-state index < -0.39 is 23.2 Å². The zero-order valence-electron chi connectivity index (χ0n) is 24.9. The maximum atomic E-state index is 14.8. The lowest BCUT2D eigenvalue weighted by Crippen LogP contribution is -2.75. The second kappa shape index (κ2) is 12.0. The number of ether oxygens (including phenoxy) is 2. The molecule has 4 rings (SSSR count). The van der Waals surface area contributed by atoms with Crippen LogP contribution in [0, 0.1) is 10.8 Å². The Bertz CT molecular complexity index is 1330. The van der Waals surface area contributed by atoms with Crippen molar-refractivity contribution in [2.75, 3.05) is 45.9 Å². The number of nitrogens with one attached hydrogen (secondary N) is 1. The summed E-state index contributed by atoms with van der Waals surface area (Å²) < 4.78 is 11.3. The van der Waals surface area contributed by atoms with Crippen molar-refractivity contribution >= 4 is 46.9 Å². The van der Waals surface area contributed by atoms with E-state index in [1.165, 1.54) is 18.7 Å². The van der Waals surface area contributed by atoms with Crippen molar-refractivity contribution in [3.63, 3.8) is 0 Å². The van der Waals surface area contributed by atoms with Crippen LogP contribution in [0.4, 0.5) is 5.69 Å². The van der Waals surface area contributed by atoms with Crippen LogP contribution in [0.15, 0.2) is 41.3 Å². The van der Waals surface area contributed by atoms with Gasteiger partial charge < -0.3 is 19.9 Å². The third-order valence-electron chi connectivity index (χ3n) is 8.31. The highest BCUT2D eigenvalue weighted by molar-refractivity contribution is 8.00. The summed E-state index contributed by atoms with van der Waals surface area (Å²) >= 11 is 3.11. The minimum atomic E-state index is -1.76. The third-order valence-corrected chi connectivity index (χ3v) is 10.3. The number of carbonyl (C=O) groups excluding carboxylic acids is 2. The van der Waals surface area contributed by atoms with Crippen LogP contribution in [-0.2, 0) is 14.4 Å². The molecule has 0 radical (unpaired) electrons. The fraction of sp³-hybridized carbons (Fsp3) is 0.516. The molecule has 41 heavy (non-hydrogen) atoms. The first-order valence-corrected chi connectivity index (χ1v) is 16.0. The normalized spacial score (nSPS) is 26.6. The molecule has 2 unspecified atom stereocenters. The lowest BCUT2D eigenvalue weighted by Gasteiger charge is -2.52. The van der Waals surface area contributed by atoms with Gasteiger partial charge in [0, 0.05) is 47.0 Å². The van der Waals surface area contributed by atoms with Crippen molar-refractivity contribution < 1.29 is 29.0 Å². The van der Waals surface area contributed by atoms with Crippen molar-refractivity contribution in [3.05, 3.63) is 47.5 Å². The zero-order valence-corrected chi connectivity index (χ0v) is 26.5. The van der Waals surface area contributed by atoms with E-state index in [-0.39, 0.29) is 33.4 Å². The number of carboxylic acid groups (broad SMARTS) is 1. The Morgan fingerprint density at radius 2 is 1.90 bits per heavy atom. The highest BCUT2D eigenvalue weighted by Crippen LogP contribution is 2.54. The van der Waals surface area contributed by atoms with E-state index in [1.54, 1.807) is 26.0 Å². The molecule has 2 N–H and O–H groups in total. The summed E-state index contributed by atoms with van der Waals surface area (Å²) in [4.78, 5) is 42.3. The SMILES string of the molecule is COc1cccc(C2SCC(=O)[N+](CC(C)(C)C)([C@@H]3CCNC[C@@]3(C(C)=O)C(=O)O)c3ccc(SC)cc32)c1OC. The molecule has 0 bridgehead atoms. The monoisotopic (exact) mass is 601 g/mol. The standard InChI is InChI=1S/C31H40N2O6S2/c1-19(34)31(29(36)37)17-32-14-13-25(31)33(18-30(2,3)4)23-12-11-20(40-7)15-22(23)28(41-16-26(33)35)21-9-8-10-24(38-5)27(21)39-6/h8-12,15,25,28,32H,13-14,16-18H2,1-7H3/p+1/t25-,28?,31+,33?/m1/s1. The Morgan fingerprint density at radius 1 is 1.17 bits per heavy atom. The predicted octanol–water partition coefficient (Wildman–Crippen LogP) is 5.16. The number of quaternary nitrogens is 1. The summed E-state index contributed by atoms with van der Waals surface area (Å²) in [7, 11) is 3.21. The predicted molar refractivity (Wildman–Crippen MR) is 165 cm³/mol. The smallest absolute Gasteiger partial charge is 0.329 e. The number of amides is 1. The topological polar surface area (TPSA) is 102 Å². The fourth-order valence-electron chi connectivity index (χ4n) is 6.69. The van der Waals surface area contributed by atoms with E-state index >= 15 is 0 Å². The Hall–Kier alpha value is -2.53. The number of rotatable bonds is 8. The maximum absolute atomic E-state index is 14.8.